The number of benzene rings is 4. The van der Waals surface area contributed by atoms with Crippen LogP contribution in [0, 0.1) is 0 Å². The zero-order valence-electron chi connectivity index (χ0n) is 12.9. The molecule has 0 aliphatic carbocycles. The number of fused-ring (bicyclic) bond motifs is 2. The Balaban J connectivity index is 1.72. The lowest BCUT2D eigenvalue weighted by Crippen LogP contribution is -1.87. The molecule has 0 radical (unpaired) electrons. The highest BCUT2D eigenvalue weighted by atomic mass is 33.1. The Morgan fingerprint density at radius 2 is 0.833 bits per heavy atom. The average Bonchev–Trinajstić information content (AvgIpc) is 2.61. The molecule has 0 heterocycles. The molecule has 4 aromatic rings. The lowest BCUT2D eigenvalue weighted by Gasteiger charge is -2.10. The molecule has 4 rings (SSSR count). The van der Waals surface area contributed by atoms with Gasteiger partial charge in [0.1, 0.15) is 0 Å². The highest BCUT2D eigenvalue weighted by Crippen LogP contribution is 2.44. The van der Waals surface area contributed by atoms with Crippen molar-refractivity contribution in [3.8, 4) is 0 Å². The van der Waals surface area contributed by atoms with E-state index in [-0.39, 0.29) is 0 Å². The van der Waals surface area contributed by atoms with Crippen molar-refractivity contribution in [3.05, 3.63) is 72.8 Å². The van der Waals surface area contributed by atoms with Gasteiger partial charge in [0.15, 0.2) is 0 Å². The molecule has 118 valence electrons. The quantitative estimate of drug-likeness (QED) is 0.354. The first-order chi connectivity index (χ1) is 11.7. The number of anilines is 2. The van der Waals surface area contributed by atoms with Gasteiger partial charge in [-0.25, -0.2) is 0 Å². The van der Waals surface area contributed by atoms with Crippen LogP contribution >= 0.6 is 21.6 Å². The van der Waals surface area contributed by atoms with Crippen molar-refractivity contribution in [2.75, 3.05) is 11.5 Å². The second-order valence-electron chi connectivity index (χ2n) is 5.56. The van der Waals surface area contributed by atoms with Gasteiger partial charge >= 0.3 is 0 Å². The predicted octanol–water partition coefficient (Wildman–Crippen LogP) is 5.96. The zero-order chi connectivity index (χ0) is 16.5. The van der Waals surface area contributed by atoms with Gasteiger partial charge in [0.05, 0.1) is 0 Å². The van der Waals surface area contributed by atoms with E-state index in [0.717, 1.165) is 22.1 Å². The first-order valence-corrected chi connectivity index (χ1v) is 9.78. The van der Waals surface area contributed by atoms with Crippen LogP contribution in [0.2, 0.25) is 0 Å². The first-order valence-electron chi connectivity index (χ1n) is 7.63. The Morgan fingerprint density at radius 3 is 1.29 bits per heavy atom. The van der Waals surface area contributed by atoms with Crippen molar-refractivity contribution in [2.45, 2.75) is 9.79 Å². The molecule has 24 heavy (non-hydrogen) atoms. The Kier molecular flexibility index (Phi) is 4.00. The Bertz CT molecular complexity index is 959. The van der Waals surface area contributed by atoms with E-state index >= 15 is 0 Å². The van der Waals surface area contributed by atoms with Gasteiger partial charge in [0, 0.05) is 31.9 Å². The molecule has 0 unspecified atom stereocenters. The van der Waals surface area contributed by atoms with Crippen molar-refractivity contribution in [2.24, 2.45) is 0 Å². The summed E-state index contributed by atoms with van der Waals surface area (Å²) in [5.74, 6) is 0. The summed E-state index contributed by atoms with van der Waals surface area (Å²) in [5.41, 5.74) is 13.8. The number of rotatable bonds is 3. The normalized spacial score (nSPS) is 11.2. The standard InChI is InChI=1S/C20H16N2S2/c21-17-9-1-7-15-13(17)5-3-11-19(15)23-24-20-12-4-6-14-16(20)8-2-10-18(14)22/h1-12H,21-22H2. The summed E-state index contributed by atoms with van der Waals surface area (Å²) in [5, 5.41) is 4.58. The van der Waals surface area contributed by atoms with E-state index in [2.05, 4.69) is 48.5 Å². The maximum absolute atomic E-state index is 6.09. The van der Waals surface area contributed by atoms with E-state index in [9.17, 15) is 0 Å². The maximum atomic E-state index is 6.09. The van der Waals surface area contributed by atoms with Crippen LogP contribution in [0.5, 0.6) is 0 Å². The number of hydrogen-bond donors (Lipinski definition) is 2. The summed E-state index contributed by atoms with van der Waals surface area (Å²) in [7, 11) is 3.51. The number of nitrogen functional groups attached to an aromatic ring is 2. The fourth-order valence-corrected chi connectivity index (χ4v) is 5.24. The lowest BCUT2D eigenvalue weighted by molar-refractivity contribution is 1.55. The van der Waals surface area contributed by atoms with Gasteiger partial charge < -0.3 is 11.5 Å². The topological polar surface area (TPSA) is 52.0 Å². The molecule has 0 aliphatic rings. The van der Waals surface area contributed by atoms with Gasteiger partial charge in [-0.3, -0.25) is 0 Å². The van der Waals surface area contributed by atoms with Crippen molar-refractivity contribution >= 4 is 54.5 Å². The fraction of sp³-hybridized carbons (Fsp3) is 0. The van der Waals surface area contributed by atoms with Crippen LogP contribution in [-0.2, 0) is 0 Å². The maximum Gasteiger partial charge on any atom is 0.0394 e. The van der Waals surface area contributed by atoms with Crippen LogP contribution in [0.25, 0.3) is 21.5 Å². The summed E-state index contributed by atoms with van der Waals surface area (Å²) in [6, 6.07) is 24.7. The summed E-state index contributed by atoms with van der Waals surface area (Å²) in [6.45, 7) is 0. The van der Waals surface area contributed by atoms with Gasteiger partial charge in [-0.1, -0.05) is 70.1 Å². The summed E-state index contributed by atoms with van der Waals surface area (Å²) in [4.78, 5) is 2.43. The molecule has 0 atom stereocenters. The third kappa shape index (κ3) is 2.68. The zero-order valence-corrected chi connectivity index (χ0v) is 14.5. The van der Waals surface area contributed by atoms with Crippen LogP contribution in [0.1, 0.15) is 0 Å². The Hall–Kier alpha value is -2.30. The molecule has 0 aromatic heterocycles. The molecular formula is C20H16N2S2. The minimum Gasteiger partial charge on any atom is -0.398 e. The van der Waals surface area contributed by atoms with Crippen molar-refractivity contribution < 1.29 is 0 Å². The molecule has 0 spiro atoms. The van der Waals surface area contributed by atoms with Crippen molar-refractivity contribution in [1.82, 2.24) is 0 Å². The minimum atomic E-state index is 0.817. The number of nitrogens with two attached hydrogens (primary N) is 2. The SMILES string of the molecule is Nc1cccc2c(SSc3cccc4c(N)cccc34)cccc12. The largest absolute Gasteiger partial charge is 0.398 e. The van der Waals surface area contributed by atoms with Crippen LogP contribution < -0.4 is 11.5 Å². The van der Waals surface area contributed by atoms with E-state index < -0.39 is 0 Å². The van der Waals surface area contributed by atoms with Gasteiger partial charge in [0.2, 0.25) is 0 Å². The molecule has 4 aromatic carbocycles. The van der Waals surface area contributed by atoms with Gasteiger partial charge in [-0.05, 0) is 35.0 Å². The van der Waals surface area contributed by atoms with Crippen LogP contribution in [0.15, 0.2) is 82.6 Å². The molecule has 0 aliphatic heterocycles. The van der Waals surface area contributed by atoms with E-state index in [4.69, 9.17) is 11.5 Å². The third-order valence-corrected chi connectivity index (χ3v) is 6.53. The molecule has 0 saturated carbocycles. The van der Waals surface area contributed by atoms with E-state index in [0.29, 0.717) is 0 Å². The third-order valence-electron chi connectivity index (χ3n) is 4.05. The molecule has 0 amide bonds. The molecule has 2 nitrogen and oxygen atoms in total. The van der Waals surface area contributed by atoms with Crippen molar-refractivity contribution in [3.63, 3.8) is 0 Å². The number of hydrogen-bond acceptors (Lipinski definition) is 4. The Labute approximate surface area is 148 Å². The lowest BCUT2D eigenvalue weighted by atomic mass is 10.1. The smallest absolute Gasteiger partial charge is 0.0394 e. The van der Waals surface area contributed by atoms with Gasteiger partial charge in [-0.2, -0.15) is 0 Å². The fourth-order valence-electron chi connectivity index (χ4n) is 2.85. The second-order valence-corrected chi connectivity index (χ2v) is 7.78. The van der Waals surface area contributed by atoms with Crippen LogP contribution in [0.3, 0.4) is 0 Å². The first kappa shape index (κ1) is 15.2. The molecule has 0 saturated heterocycles. The van der Waals surface area contributed by atoms with Gasteiger partial charge in [0.25, 0.3) is 0 Å². The molecule has 0 fully saturated rings. The monoisotopic (exact) mass is 348 g/mol. The van der Waals surface area contributed by atoms with Crippen LogP contribution in [-0.4, -0.2) is 0 Å². The summed E-state index contributed by atoms with van der Waals surface area (Å²) < 4.78 is 0. The van der Waals surface area contributed by atoms with E-state index in [1.165, 1.54) is 20.6 Å². The Morgan fingerprint density at radius 1 is 0.458 bits per heavy atom. The molecule has 4 N–H and O–H groups in total. The van der Waals surface area contributed by atoms with Gasteiger partial charge in [-0.15, -0.1) is 0 Å². The predicted molar refractivity (Wildman–Crippen MR) is 108 cm³/mol. The molecular weight excluding hydrogens is 332 g/mol. The highest BCUT2D eigenvalue weighted by Gasteiger charge is 2.07. The van der Waals surface area contributed by atoms with E-state index in [1.54, 1.807) is 21.6 Å². The summed E-state index contributed by atoms with van der Waals surface area (Å²) in [6.07, 6.45) is 0. The molecule has 4 heteroatoms. The van der Waals surface area contributed by atoms with E-state index in [1.807, 2.05) is 24.3 Å². The van der Waals surface area contributed by atoms with Crippen LogP contribution in [0.4, 0.5) is 11.4 Å². The van der Waals surface area contributed by atoms with Crippen molar-refractivity contribution in [1.29, 1.82) is 0 Å². The minimum absolute atomic E-state index is 0.817. The molecule has 0 bridgehead atoms. The highest BCUT2D eigenvalue weighted by molar-refractivity contribution is 8.76. The average molecular weight is 348 g/mol. The summed E-state index contributed by atoms with van der Waals surface area (Å²) >= 11 is 0. The second kappa shape index (κ2) is 6.30.